The molecule has 0 saturated carbocycles. The van der Waals surface area contributed by atoms with Gasteiger partial charge >= 0.3 is 6.18 Å². The smallest absolute Gasteiger partial charge is 0.413 e. The fourth-order valence-electron chi connectivity index (χ4n) is 1.36. The summed E-state index contributed by atoms with van der Waals surface area (Å²) in [6, 6.07) is 4.05. The first-order valence-corrected chi connectivity index (χ1v) is 10.0. The molecule has 20 heavy (non-hydrogen) atoms. The average molecular weight is 369 g/mol. The van der Waals surface area contributed by atoms with Gasteiger partial charge in [-0.25, -0.2) is 0 Å². The van der Waals surface area contributed by atoms with Gasteiger partial charge in [0.15, 0.2) is 8.32 Å². The Bertz CT molecular complexity index is 478. The second-order valence-corrected chi connectivity index (χ2v) is 12.0. The van der Waals surface area contributed by atoms with Crippen LogP contribution in [0.15, 0.2) is 22.7 Å². The molecule has 0 N–H and O–H groups in total. The number of hydrogen-bond acceptors (Lipinski definition) is 1. The first-order valence-electron chi connectivity index (χ1n) is 6.34. The van der Waals surface area contributed by atoms with E-state index >= 15 is 0 Å². The molecular formula is C14H20BrF3OSi. The van der Waals surface area contributed by atoms with E-state index < -0.39 is 20.1 Å². The van der Waals surface area contributed by atoms with Crippen LogP contribution in [-0.4, -0.2) is 8.32 Å². The quantitative estimate of drug-likeness (QED) is 0.595. The van der Waals surface area contributed by atoms with Crippen molar-refractivity contribution < 1.29 is 17.6 Å². The third-order valence-electron chi connectivity index (χ3n) is 3.74. The highest BCUT2D eigenvalue weighted by Crippen LogP contribution is 2.38. The van der Waals surface area contributed by atoms with Gasteiger partial charge in [0, 0.05) is 4.47 Å². The molecule has 0 fully saturated rings. The lowest BCUT2D eigenvalue weighted by Gasteiger charge is -2.36. The van der Waals surface area contributed by atoms with Crippen LogP contribution in [0.25, 0.3) is 0 Å². The summed E-state index contributed by atoms with van der Waals surface area (Å²) >= 11 is 2.98. The van der Waals surface area contributed by atoms with Gasteiger partial charge in [0.05, 0.1) is 12.2 Å². The number of benzene rings is 1. The summed E-state index contributed by atoms with van der Waals surface area (Å²) in [7, 11) is -1.89. The molecule has 1 rings (SSSR count). The van der Waals surface area contributed by atoms with E-state index in [-0.39, 0.29) is 9.51 Å². The molecule has 0 saturated heterocycles. The van der Waals surface area contributed by atoms with Crippen molar-refractivity contribution in [2.75, 3.05) is 0 Å². The van der Waals surface area contributed by atoms with Crippen LogP contribution in [0.1, 0.15) is 31.9 Å². The summed E-state index contributed by atoms with van der Waals surface area (Å²) in [5.74, 6) is 0. The van der Waals surface area contributed by atoms with Gasteiger partial charge in [-0.3, -0.25) is 0 Å². The predicted octanol–water partition coefficient (Wildman–Crippen LogP) is 5.99. The Hall–Kier alpha value is -0.333. The van der Waals surface area contributed by atoms with Crippen molar-refractivity contribution >= 4 is 24.2 Å². The van der Waals surface area contributed by atoms with Gasteiger partial charge in [-0.2, -0.15) is 13.2 Å². The molecule has 0 bridgehead atoms. The van der Waals surface area contributed by atoms with Crippen LogP contribution in [0.3, 0.4) is 0 Å². The zero-order valence-corrected chi connectivity index (χ0v) is 14.9. The molecule has 0 amide bonds. The third kappa shape index (κ3) is 4.33. The maximum Gasteiger partial charge on any atom is 0.417 e. The maximum atomic E-state index is 12.7. The van der Waals surface area contributed by atoms with Crippen molar-refractivity contribution in [2.45, 2.75) is 51.7 Å². The lowest BCUT2D eigenvalue weighted by molar-refractivity contribution is -0.138. The van der Waals surface area contributed by atoms with E-state index in [1.165, 1.54) is 12.1 Å². The van der Waals surface area contributed by atoms with Crippen LogP contribution in [0, 0.1) is 0 Å². The number of rotatable bonds is 3. The van der Waals surface area contributed by atoms with Crippen molar-refractivity contribution in [2.24, 2.45) is 0 Å². The maximum absolute atomic E-state index is 12.7. The molecule has 6 heteroatoms. The van der Waals surface area contributed by atoms with Gasteiger partial charge in [0.1, 0.15) is 0 Å². The molecule has 1 aromatic carbocycles. The SMILES string of the molecule is CC(C)(C)[Si](C)(C)OCc1ccc(C(F)(F)F)c(Br)c1. The van der Waals surface area contributed by atoms with Gasteiger partial charge in [-0.15, -0.1) is 0 Å². The summed E-state index contributed by atoms with van der Waals surface area (Å²) in [5, 5.41) is 0.0795. The zero-order valence-electron chi connectivity index (χ0n) is 12.4. The number of alkyl halides is 3. The van der Waals surface area contributed by atoms with Crippen LogP contribution in [0.2, 0.25) is 18.1 Å². The summed E-state index contributed by atoms with van der Waals surface area (Å²) < 4.78 is 44.0. The number of halogens is 4. The van der Waals surface area contributed by atoms with Crippen molar-refractivity contribution in [1.82, 2.24) is 0 Å². The Morgan fingerprint density at radius 3 is 2.10 bits per heavy atom. The largest absolute Gasteiger partial charge is 0.417 e. The molecule has 0 aromatic heterocycles. The molecule has 0 radical (unpaired) electrons. The summed E-state index contributed by atoms with van der Waals surface area (Å²) in [5.41, 5.74) is 0.0864. The van der Waals surface area contributed by atoms with E-state index in [2.05, 4.69) is 49.8 Å². The van der Waals surface area contributed by atoms with Crippen molar-refractivity contribution in [3.8, 4) is 0 Å². The molecule has 1 aromatic rings. The molecular weight excluding hydrogens is 349 g/mol. The van der Waals surface area contributed by atoms with Crippen molar-refractivity contribution in [3.63, 3.8) is 0 Å². The minimum atomic E-state index is -4.34. The van der Waals surface area contributed by atoms with E-state index in [0.717, 1.165) is 11.6 Å². The normalized spacial score (nSPS) is 13.7. The fourth-order valence-corrected chi connectivity index (χ4v) is 2.97. The summed E-state index contributed by atoms with van der Waals surface area (Å²) in [6.07, 6.45) is -4.34. The van der Waals surface area contributed by atoms with Crippen molar-refractivity contribution in [1.29, 1.82) is 0 Å². The van der Waals surface area contributed by atoms with E-state index in [9.17, 15) is 13.2 Å². The lowest BCUT2D eigenvalue weighted by atomic mass is 10.1. The summed E-state index contributed by atoms with van der Waals surface area (Å²) in [4.78, 5) is 0. The summed E-state index contributed by atoms with van der Waals surface area (Å²) in [6.45, 7) is 11.0. The molecule has 0 unspecified atom stereocenters. The molecule has 0 aliphatic heterocycles. The predicted molar refractivity (Wildman–Crippen MR) is 81.1 cm³/mol. The molecule has 0 aliphatic carbocycles. The zero-order chi connectivity index (χ0) is 15.8. The van der Waals surface area contributed by atoms with Crippen LogP contribution in [-0.2, 0) is 17.2 Å². The van der Waals surface area contributed by atoms with E-state index in [1.807, 2.05) is 0 Å². The topological polar surface area (TPSA) is 9.23 Å². The molecule has 114 valence electrons. The van der Waals surface area contributed by atoms with Gasteiger partial charge in [-0.05, 0) is 35.8 Å². The highest BCUT2D eigenvalue weighted by molar-refractivity contribution is 9.10. The van der Waals surface area contributed by atoms with Gasteiger partial charge < -0.3 is 4.43 Å². The minimum absolute atomic E-state index is 0.0568. The Labute approximate surface area is 127 Å². The fraction of sp³-hybridized carbons (Fsp3) is 0.571. The van der Waals surface area contributed by atoms with Gasteiger partial charge in [0.2, 0.25) is 0 Å². The molecule has 0 heterocycles. The molecule has 0 aliphatic rings. The van der Waals surface area contributed by atoms with Crippen LogP contribution in [0.4, 0.5) is 13.2 Å². The Morgan fingerprint density at radius 2 is 1.70 bits per heavy atom. The monoisotopic (exact) mass is 368 g/mol. The van der Waals surface area contributed by atoms with E-state index in [0.29, 0.717) is 6.61 Å². The Balaban J connectivity index is 2.84. The third-order valence-corrected chi connectivity index (χ3v) is 8.88. The van der Waals surface area contributed by atoms with Gasteiger partial charge in [0.25, 0.3) is 0 Å². The molecule has 0 spiro atoms. The van der Waals surface area contributed by atoms with Gasteiger partial charge in [-0.1, -0.05) is 42.8 Å². The first-order chi connectivity index (χ1) is 8.84. The number of hydrogen-bond donors (Lipinski definition) is 0. The highest BCUT2D eigenvalue weighted by atomic mass is 79.9. The molecule has 1 nitrogen and oxygen atoms in total. The Morgan fingerprint density at radius 1 is 1.15 bits per heavy atom. The van der Waals surface area contributed by atoms with Crippen LogP contribution in [0.5, 0.6) is 0 Å². The minimum Gasteiger partial charge on any atom is -0.413 e. The van der Waals surface area contributed by atoms with Crippen LogP contribution < -0.4 is 0 Å². The second-order valence-electron chi connectivity index (χ2n) is 6.36. The first kappa shape index (κ1) is 17.7. The second kappa shape index (κ2) is 5.81. The van der Waals surface area contributed by atoms with E-state index in [1.54, 1.807) is 0 Å². The standard InChI is InChI=1S/C14H20BrF3OSi/c1-13(2,3)20(4,5)19-9-10-6-7-11(12(15)8-10)14(16,17)18/h6-8H,9H2,1-5H3. The van der Waals surface area contributed by atoms with Crippen LogP contribution >= 0.6 is 15.9 Å². The Kier molecular flexibility index (Phi) is 5.15. The lowest BCUT2D eigenvalue weighted by Crippen LogP contribution is -2.40. The van der Waals surface area contributed by atoms with E-state index in [4.69, 9.17) is 4.43 Å². The average Bonchev–Trinajstić information content (AvgIpc) is 2.23. The molecule has 0 atom stereocenters. The highest BCUT2D eigenvalue weighted by Gasteiger charge is 2.37. The van der Waals surface area contributed by atoms with Crippen molar-refractivity contribution in [3.05, 3.63) is 33.8 Å².